The molecule has 1 saturated heterocycles. The molecular formula is C50H77O11P. The maximum atomic E-state index is 12.6. The van der Waals surface area contributed by atoms with Crippen molar-refractivity contribution in [1.82, 2.24) is 0 Å². The van der Waals surface area contributed by atoms with E-state index < -0.39 is 51.8 Å². The van der Waals surface area contributed by atoms with E-state index in [0.717, 1.165) is 83.5 Å². The van der Waals surface area contributed by atoms with Gasteiger partial charge in [0.2, 0.25) is 0 Å². The molecule has 0 aromatic rings. The Morgan fingerprint density at radius 3 is 1.55 bits per heavy atom. The van der Waals surface area contributed by atoms with E-state index >= 15 is 0 Å². The van der Waals surface area contributed by atoms with Crippen LogP contribution in [0.5, 0.6) is 0 Å². The Kier molecular flexibility index (Phi) is 36.5. The lowest BCUT2D eigenvalue weighted by Gasteiger charge is -2.20. The minimum atomic E-state index is -4.66. The second kappa shape index (κ2) is 40.1. The van der Waals surface area contributed by atoms with Gasteiger partial charge in [-0.25, -0.2) is 4.57 Å². The number of ether oxygens (including phenoxy) is 3. The van der Waals surface area contributed by atoms with Gasteiger partial charge in [0.05, 0.1) is 32.0 Å². The van der Waals surface area contributed by atoms with Crippen LogP contribution in [-0.2, 0) is 37.4 Å². The van der Waals surface area contributed by atoms with Crippen molar-refractivity contribution in [3.8, 4) is 0 Å². The van der Waals surface area contributed by atoms with Gasteiger partial charge in [0, 0.05) is 12.8 Å². The van der Waals surface area contributed by atoms with Crippen molar-refractivity contribution in [2.75, 3.05) is 26.4 Å². The van der Waals surface area contributed by atoms with Crippen molar-refractivity contribution in [2.45, 2.75) is 154 Å². The highest BCUT2D eigenvalue weighted by Crippen LogP contribution is 2.43. The lowest BCUT2D eigenvalue weighted by molar-refractivity contribution is -0.161. The van der Waals surface area contributed by atoms with E-state index in [1.54, 1.807) is 0 Å². The van der Waals surface area contributed by atoms with Crippen LogP contribution < -0.4 is 0 Å². The average Bonchev–Trinajstić information content (AvgIpc) is 4.02. The molecule has 1 aliphatic heterocycles. The van der Waals surface area contributed by atoms with Gasteiger partial charge in [-0.3, -0.25) is 18.6 Å². The average molecular weight is 885 g/mol. The molecule has 0 bridgehead atoms. The number of aliphatic hydroxyl groups excluding tert-OH is 2. The Morgan fingerprint density at radius 2 is 1.02 bits per heavy atom. The molecule has 62 heavy (non-hydrogen) atoms. The molecule has 0 aromatic heterocycles. The van der Waals surface area contributed by atoms with Crippen molar-refractivity contribution < 1.29 is 52.5 Å². The van der Waals surface area contributed by atoms with E-state index in [0.29, 0.717) is 31.5 Å². The Bertz CT molecular complexity index is 1500. The number of hydrogen-bond acceptors (Lipinski definition) is 10. The van der Waals surface area contributed by atoms with Gasteiger partial charge >= 0.3 is 19.8 Å². The zero-order valence-electron chi connectivity index (χ0n) is 37.5. The van der Waals surface area contributed by atoms with Crippen molar-refractivity contribution in [1.29, 1.82) is 0 Å². The Labute approximate surface area is 373 Å². The summed E-state index contributed by atoms with van der Waals surface area (Å²) in [5.41, 5.74) is 0. The SMILES string of the molecule is CC/C=C\C/C=C\C/C=C\C/C=C\C/C=C\CCCCCC(=O)OC[C@H](COP(=O)(O)OC[C@@H](O)CO)OC(=O)CC/C=C\C/C=C\C/C=C\C/C=C\CC1OC1C/C=C\CC. The number of aliphatic hydroxyl groups is 2. The van der Waals surface area contributed by atoms with Crippen LogP contribution >= 0.6 is 7.82 Å². The number of esters is 2. The first kappa shape index (κ1) is 56.3. The number of carbonyl (C=O) groups is 2. The smallest absolute Gasteiger partial charge is 0.462 e. The minimum Gasteiger partial charge on any atom is -0.462 e. The number of allylic oxidation sites excluding steroid dienone is 18. The van der Waals surface area contributed by atoms with E-state index in [4.69, 9.17) is 23.8 Å². The predicted molar refractivity (Wildman–Crippen MR) is 250 cm³/mol. The largest absolute Gasteiger partial charge is 0.472 e. The summed E-state index contributed by atoms with van der Waals surface area (Å²) in [4.78, 5) is 35.0. The molecule has 12 heteroatoms. The van der Waals surface area contributed by atoms with E-state index in [2.05, 4.69) is 128 Å². The zero-order chi connectivity index (χ0) is 45.2. The fraction of sp³-hybridized carbons (Fsp3) is 0.560. The van der Waals surface area contributed by atoms with Crippen LogP contribution in [0.1, 0.15) is 129 Å². The van der Waals surface area contributed by atoms with Crippen molar-refractivity contribution >= 4 is 19.8 Å². The number of epoxide rings is 1. The maximum Gasteiger partial charge on any atom is 0.472 e. The van der Waals surface area contributed by atoms with Crippen LogP contribution in [0.3, 0.4) is 0 Å². The van der Waals surface area contributed by atoms with E-state index in [1.807, 2.05) is 12.2 Å². The van der Waals surface area contributed by atoms with E-state index in [1.165, 1.54) is 0 Å². The highest BCUT2D eigenvalue weighted by atomic mass is 31.2. The third kappa shape index (κ3) is 36.9. The first-order valence-electron chi connectivity index (χ1n) is 22.6. The quantitative estimate of drug-likeness (QED) is 0.0177. The van der Waals surface area contributed by atoms with E-state index in [-0.39, 0.29) is 19.4 Å². The van der Waals surface area contributed by atoms with Gasteiger partial charge in [-0.15, -0.1) is 0 Å². The number of carbonyl (C=O) groups excluding carboxylic acids is 2. The Morgan fingerprint density at radius 1 is 0.565 bits per heavy atom. The van der Waals surface area contributed by atoms with Gasteiger partial charge < -0.3 is 29.3 Å². The molecule has 3 N–H and O–H groups in total. The Balaban J connectivity index is 2.32. The molecule has 1 heterocycles. The summed E-state index contributed by atoms with van der Waals surface area (Å²) in [7, 11) is -4.66. The number of hydrogen-bond donors (Lipinski definition) is 3. The molecule has 0 radical (unpaired) electrons. The zero-order valence-corrected chi connectivity index (χ0v) is 38.4. The molecule has 3 unspecified atom stereocenters. The summed E-state index contributed by atoms with van der Waals surface area (Å²) in [6.07, 6.45) is 55.0. The molecule has 0 saturated carbocycles. The summed E-state index contributed by atoms with van der Waals surface area (Å²) in [6, 6.07) is 0. The van der Waals surface area contributed by atoms with Crippen LogP contribution in [0.4, 0.5) is 0 Å². The first-order chi connectivity index (χ1) is 30.2. The van der Waals surface area contributed by atoms with Crippen LogP contribution in [-0.4, -0.2) is 77.9 Å². The van der Waals surface area contributed by atoms with Crippen molar-refractivity contribution in [3.05, 3.63) is 122 Å². The topological polar surface area (TPSA) is 161 Å². The molecule has 5 atom stereocenters. The fourth-order valence-electron chi connectivity index (χ4n) is 5.50. The van der Waals surface area contributed by atoms with Crippen LogP contribution in [0.2, 0.25) is 0 Å². The lowest BCUT2D eigenvalue weighted by Crippen LogP contribution is -2.29. The van der Waals surface area contributed by atoms with Gasteiger partial charge in [-0.2, -0.15) is 0 Å². The predicted octanol–water partition coefficient (Wildman–Crippen LogP) is 11.3. The van der Waals surface area contributed by atoms with Gasteiger partial charge in [0.1, 0.15) is 12.7 Å². The molecule has 1 aliphatic rings. The molecule has 0 aliphatic carbocycles. The molecule has 1 fully saturated rings. The molecule has 1 rings (SSSR count). The number of phosphoric ester groups is 1. The summed E-state index contributed by atoms with van der Waals surface area (Å²) < 4.78 is 38.3. The highest BCUT2D eigenvalue weighted by molar-refractivity contribution is 7.47. The third-order valence-electron chi connectivity index (χ3n) is 9.03. The summed E-state index contributed by atoms with van der Waals surface area (Å²) >= 11 is 0. The normalized spacial score (nSPS) is 18.1. The van der Waals surface area contributed by atoms with Crippen molar-refractivity contribution in [3.63, 3.8) is 0 Å². The van der Waals surface area contributed by atoms with Gasteiger partial charge in [0.15, 0.2) is 6.10 Å². The van der Waals surface area contributed by atoms with Crippen molar-refractivity contribution in [2.24, 2.45) is 0 Å². The molecule has 348 valence electrons. The summed E-state index contributed by atoms with van der Waals surface area (Å²) in [5, 5.41) is 18.4. The maximum absolute atomic E-state index is 12.6. The minimum absolute atomic E-state index is 0.0399. The number of rotatable bonds is 39. The van der Waals surface area contributed by atoms with Gasteiger partial charge in [-0.05, 0) is 96.3 Å². The summed E-state index contributed by atoms with van der Waals surface area (Å²) in [6.45, 7) is 1.99. The van der Waals surface area contributed by atoms with Crippen LogP contribution in [0, 0.1) is 0 Å². The lowest BCUT2D eigenvalue weighted by atomic mass is 10.1. The van der Waals surface area contributed by atoms with E-state index in [9.17, 15) is 24.2 Å². The molecule has 11 nitrogen and oxygen atoms in total. The third-order valence-corrected chi connectivity index (χ3v) is 9.98. The van der Waals surface area contributed by atoms with Crippen LogP contribution in [0.25, 0.3) is 0 Å². The molecule has 0 aromatic carbocycles. The first-order valence-corrected chi connectivity index (χ1v) is 24.1. The molecule has 0 spiro atoms. The standard InChI is InChI=1S/C50H77O11P/c1-3-5-7-8-9-10-11-12-13-14-15-16-17-18-22-25-28-31-35-39-49(53)57-43-46(44-59-62(55,56)58-42-45(52)41-51)60-50(54)40-36-32-29-26-23-20-19-21-24-27-30-34-38-48-47(61-48)37-33-6-4-2/h5-7,9-10,12-13,15-16,18,20-24,29-30,32-34,45-48,51-52H,3-4,8,11,14,17,19,25-28,31,35-44H2,1-2H3,(H,55,56)/b7-5-,10-9-,13-12-,16-15-,22-18-,23-20-,24-21-,32-29-,33-6-,34-30-/t45-,46+,47?,48?/m0/s1. The summed E-state index contributed by atoms with van der Waals surface area (Å²) in [5.74, 6) is -1.08. The van der Waals surface area contributed by atoms with Gasteiger partial charge in [-0.1, -0.05) is 142 Å². The van der Waals surface area contributed by atoms with Crippen LogP contribution in [0.15, 0.2) is 122 Å². The molecular weight excluding hydrogens is 808 g/mol. The number of unbranched alkanes of at least 4 members (excludes halogenated alkanes) is 3. The number of phosphoric acid groups is 1. The monoisotopic (exact) mass is 885 g/mol. The highest BCUT2D eigenvalue weighted by Gasteiger charge is 2.36. The molecule has 0 amide bonds. The second-order valence-electron chi connectivity index (χ2n) is 14.7. The fourth-order valence-corrected chi connectivity index (χ4v) is 6.29. The second-order valence-corrected chi connectivity index (χ2v) is 16.1. The van der Waals surface area contributed by atoms with Gasteiger partial charge in [0.25, 0.3) is 0 Å². The Hall–Kier alpha value is -3.67.